The molecular formula is C29H25Cl2FN2O5. The van der Waals surface area contributed by atoms with Gasteiger partial charge in [-0.3, -0.25) is 24.1 Å². The minimum atomic E-state index is -1.99. The van der Waals surface area contributed by atoms with E-state index in [1.165, 1.54) is 23.1 Å². The number of phenols is 1. The lowest BCUT2D eigenvalue weighted by Crippen LogP contribution is -2.60. The van der Waals surface area contributed by atoms with Crippen LogP contribution in [-0.4, -0.2) is 49.9 Å². The van der Waals surface area contributed by atoms with E-state index in [2.05, 4.69) is 0 Å². The number of rotatable bonds is 3. The molecule has 6 rings (SSSR count). The van der Waals surface area contributed by atoms with Crippen LogP contribution in [0, 0.1) is 30.5 Å². The average molecular weight is 571 g/mol. The van der Waals surface area contributed by atoms with Gasteiger partial charge in [-0.25, -0.2) is 9.29 Å². The molecule has 1 N–H and O–H groups in total. The van der Waals surface area contributed by atoms with E-state index >= 15 is 0 Å². The van der Waals surface area contributed by atoms with Crippen molar-refractivity contribution in [3.8, 4) is 5.75 Å². The molecule has 10 heteroatoms. The molecule has 6 atom stereocenters. The van der Waals surface area contributed by atoms with E-state index in [0.717, 1.165) is 17.0 Å². The van der Waals surface area contributed by atoms with Gasteiger partial charge in [0, 0.05) is 12.5 Å². The highest BCUT2D eigenvalue weighted by molar-refractivity contribution is 6.58. The smallest absolute Gasteiger partial charge is 0.258 e. The van der Waals surface area contributed by atoms with E-state index < -0.39 is 51.1 Å². The van der Waals surface area contributed by atoms with Crippen LogP contribution in [0.15, 0.2) is 54.1 Å². The fourth-order valence-electron chi connectivity index (χ4n) is 7.01. The van der Waals surface area contributed by atoms with Crippen LogP contribution in [0.5, 0.6) is 5.75 Å². The van der Waals surface area contributed by atoms with Gasteiger partial charge in [0.25, 0.3) is 11.8 Å². The van der Waals surface area contributed by atoms with Crippen LogP contribution in [0.3, 0.4) is 0 Å². The molecule has 4 amide bonds. The summed E-state index contributed by atoms with van der Waals surface area (Å²) >= 11 is 14.5. The first-order valence-corrected chi connectivity index (χ1v) is 13.6. The number of anilines is 1. The maximum atomic E-state index is 14.2. The third-order valence-corrected chi connectivity index (χ3v) is 10.3. The van der Waals surface area contributed by atoms with E-state index in [4.69, 9.17) is 23.2 Å². The average Bonchev–Trinajstić information content (AvgIpc) is 3.24. The SMILES string of the molecule is CCN1C(=O)C2CC=C3C(CC4(Cl)C(=O)N(c5ccc(F)cc5)C(=O)C4(Cl)C3c3ccc(O)c(C)c3)C2C1=O. The lowest BCUT2D eigenvalue weighted by Gasteiger charge is -2.50. The predicted octanol–water partition coefficient (Wildman–Crippen LogP) is 4.42. The molecule has 0 spiro atoms. The summed E-state index contributed by atoms with van der Waals surface area (Å²) in [7, 11) is 0. The molecule has 2 aromatic carbocycles. The number of amides is 4. The van der Waals surface area contributed by atoms with E-state index in [1.807, 2.05) is 6.08 Å². The van der Waals surface area contributed by atoms with Gasteiger partial charge >= 0.3 is 0 Å². The standard InChI is InChI=1S/C29H25Cl2FN2O5/c1-3-33-24(36)19-10-9-18-20(22(19)25(33)37)13-28(30)26(38)34(17-7-5-16(32)6-8-17)27(39)29(28,31)23(18)15-4-11-21(35)14(2)12-15/h4-9,11-12,19-20,22-23,35H,3,10,13H2,1-2H3. The van der Waals surface area contributed by atoms with Gasteiger partial charge in [0.1, 0.15) is 11.6 Å². The van der Waals surface area contributed by atoms with Gasteiger partial charge in [-0.2, -0.15) is 0 Å². The lowest BCUT2D eigenvalue weighted by molar-refractivity contribution is -0.140. The van der Waals surface area contributed by atoms with Crippen molar-refractivity contribution in [1.29, 1.82) is 0 Å². The number of carbonyl (C=O) groups is 4. The Balaban J connectivity index is 1.57. The molecule has 0 radical (unpaired) electrons. The van der Waals surface area contributed by atoms with E-state index in [-0.39, 0.29) is 42.6 Å². The predicted molar refractivity (Wildman–Crippen MR) is 142 cm³/mol. The molecule has 39 heavy (non-hydrogen) atoms. The Kier molecular flexibility index (Phi) is 5.76. The number of alkyl halides is 2. The first-order chi connectivity index (χ1) is 18.5. The van der Waals surface area contributed by atoms with Crippen LogP contribution in [0.4, 0.5) is 10.1 Å². The van der Waals surface area contributed by atoms with Crippen molar-refractivity contribution in [2.24, 2.45) is 17.8 Å². The summed E-state index contributed by atoms with van der Waals surface area (Å²) in [6.45, 7) is 3.66. The van der Waals surface area contributed by atoms with E-state index in [0.29, 0.717) is 16.7 Å². The minimum absolute atomic E-state index is 0.0430. The summed E-state index contributed by atoms with van der Waals surface area (Å²) in [4.78, 5) is 53.0. The number of carbonyl (C=O) groups excluding carboxylic acids is 4. The van der Waals surface area contributed by atoms with Gasteiger partial charge in [0.15, 0.2) is 9.75 Å². The number of aromatic hydroxyl groups is 1. The van der Waals surface area contributed by atoms with E-state index in [9.17, 15) is 28.7 Å². The van der Waals surface area contributed by atoms with Gasteiger partial charge in [0.2, 0.25) is 11.8 Å². The van der Waals surface area contributed by atoms with Gasteiger partial charge in [0.05, 0.1) is 17.5 Å². The van der Waals surface area contributed by atoms with Gasteiger partial charge in [-0.15, -0.1) is 23.2 Å². The molecule has 7 nitrogen and oxygen atoms in total. The maximum absolute atomic E-state index is 14.2. The van der Waals surface area contributed by atoms with Crippen molar-refractivity contribution in [2.45, 2.75) is 42.4 Å². The molecule has 0 aromatic heterocycles. The molecule has 2 aliphatic heterocycles. The number of phenolic OH excluding ortho intramolecular Hbond substituents is 1. The molecule has 1 saturated carbocycles. The topological polar surface area (TPSA) is 95.0 Å². The molecule has 3 fully saturated rings. The first-order valence-electron chi connectivity index (χ1n) is 12.8. The number of benzene rings is 2. The Morgan fingerprint density at radius 2 is 1.69 bits per heavy atom. The van der Waals surface area contributed by atoms with Crippen molar-refractivity contribution in [1.82, 2.24) is 4.90 Å². The first kappa shape index (κ1) is 26.0. The Hall–Kier alpha value is -3.23. The van der Waals surface area contributed by atoms with Crippen LogP contribution < -0.4 is 4.90 Å². The lowest BCUT2D eigenvalue weighted by atomic mass is 9.56. The van der Waals surface area contributed by atoms with Crippen LogP contribution in [0.1, 0.15) is 36.8 Å². The summed E-state index contributed by atoms with van der Waals surface area (Å²) in [5, 5.41) is 10.2. The minimum Gasteiger partial charge on any atom is -0.508 e. The number of imide groups is 2. The highest BCUT2D eigenvalue weighted by Gasteiger charge is 2.76. The monoisotopic (exact) mass is 570 g/mol. The molecule has 2 heterocycles. The summed E-state index contributed by atoms with van der Waals surface area (Å²) in [5.74, 6) is -5.47. The summed E-state index contributed by atoms with van der Waals surface area (Å²) in [6.07, 6.45) is 2.02. The Morgan fingerprint density at radius 1 is 1.00 bits per heavy atom. The summed E-state index contributed by atoms with van der Waals surface area (Å²) < 4.78 is 13.7. The number of fused-ring (bicyclic) bond motifs is 4. The number of hydrogen-bond donors (Lipinski definition) is 1. The Labute approximate surface area is 234 Å². The number of nitrogens with zero attached hydrogens (tertiary/aromatic N) is 2. The molecule has 2 aliphatic carbocycles. The molecule has 2 aromatic rings. The van der Waals surface area contributed by atoms with Crippen LogP contribution in [0.25, 0.3) is 0 Å². The second-order valence-corrected chi connectivity index (χ2v) is 12.0. The summed E-state index contributed by atoms with van der Waals surface area (Å²) in [6, 6.07) is 9.69. The molecular weight excluding hydrogens is 546 g/mol. The largest absolute Gasteiger partial charge is 0.508 e. The number of aryl methyl sites for hydroxylation is 1. The highest BCUT2D eigenvalue weighted by Crippen LogP contribution is 2.65. The van der Waals surface area contributed by atoms with Gasteiger partial charge in [-0.1, -0.05) is 23.8 Å². The van der Waals surface area contributed by atoms with Crippen LogP contribution >= 0.6 is 23.2 Å². The zero-order valence-corrected chi connectivity index (χ0v) is 22.7. The second kappa shape index (κ2) is 8.63. The highest BCUT2D eigenvalue weighted by atomic mass is 35.5. The fourth-order valence-corrected chi connectivity index (χ4v) is 7.94. The van der Waals surface area contributed by atoms with Crippen molar-refractivity contribution >= 4 is 52.5 Å². The Bertz CT molecular complexity index is 1490. The van der Waals surface area contributed by atoms with Crippen LogP contribution in [0.2, 0.25) is 0 Å². The molecule has 2 saturated heterocycles. The number of likely N-dealkylation sites (tertiary alicyclic amines) is 1. The van der Waals surface area contributed by atoms with Crippen molar-refractivity contribution < 1.29 is 28.7 Å². The fraction of sp³-hybridized carbons (Fsp3) is 0.379. The second-order valence-electron chi connectivity index (χ2n) is 10.7. The molecule has 6 unspecified atom stereocenters. The zero-order chi connectivity index (χ0) is 28.0. The van der Waals surface area contributed by atoms with Gasteiger partial charge in [-0.05, 0) is 74.1 Å². The maximum Gasteiger partial charge on any atom is 0.258 e. The third kappa shape index (κ3) is 3.28. The Morgan fingerprint density at radius 3 is 2.33 bits per heavy atom. The van der Waals surface area contributed by atoms with Crippen molar-refractivity contribution in [3.63, 3.8) is 0 Å². The molecule has 0 bridgehead atoms. The zero-order valence-electron chi connectivity index (χ0n) is 21.2. The number of allylic oxidation sites excluding steroid dienone is 2. The van der Waals surface area contributed by atoms with Gasteiger partial charge < -0.3 is 5.11 Å². The number of halogens is 3. The van der Waals surface area contributed by atoms with Crippen molar-refractivity contribution in [3.05, 3.63) is 71.1 Å². The normalized spacial score (nSPS) is 33.7. The molecule has 4 aliphatic rings. The van der Waals surface area contributed by atoms with E-state index in [1.54, 1.807) is 26.0 Å². The third-order valence-electron chi connectivity index (χ3n) is 8.86. The van der Waals surface area contributed by atoms with Crippen molar-refractivity contribution in [2.75, 3.05) is 11.4 Å². The van der Waals surface area contributed by atoms with Crippen LogP contribution in [-0.2, 0) is 19.2 Å². The quantitative estimate of drug-likeness (QED) is 0.335. The summed E-state index contributed by atoms with van der Waals surface area (Å²) in [5.41, 5.74) is 1.88. The number of hydrogen-bond acceptors (Lipinski definition) is 5. The molecule has 202 valence electrons.